The highest BCUT2D eigenvalue weighted by Gasteiger charge is 2.21. The van der Waals surface area contributed by atoms with E-state index < -0.39 is 24.5 Å². The first-order valence-corrected chi connectivity index (χ1v) is 8.26. The molecule has 0 saturated carbocycles. The van der Waals surface area contributed by atoms with Gasteiger partial charge in [-0.3, -0.25) is 14.9 Å². The normalized spacial score (nSPS) is 13.3. The van der Waals surface area contributed by atoms with Crippen molar-refractivity contribution in [3.05, 3.63) is 24.3 Å². The zero-order valence-electron chi connectivity index (χ0n) is 14.4. The Balaban J connectivity index is 1.71. The van der Waals surface area contributed by atoms with Crippen LogP contribution in [-0.2, 0) is 19.1 Å². The fraction of sp³-hybridized carbons (Fsp3) is 0.412. The SMILES string of the molecule is CCNC(=O)NC(=O)COC(=O)COc1ccc(N2CCCC2=O)cc1. The van der Waals surface area contributed by atoms with Crippen molar-refractivity contribution in [2.24, 2.45) is 0 Å². The molecular formula is C17H21N3O6. The third-order valence-electron chi connectivity index (χ3n) is 3.53. The molecular weight excluding hydrogens is 342 g/mol. The highest BCUT2D eigenvalue weighted by Crippen LogP contribution is 2.23. The predicted octanol–water partition coefficient (Wildman–Crippen LogP) is 0.581. The number of amides is 4. The number of nitrogens with one attached hydrogen (secondary N) is 2. The van der Waals surface area contributed by atoms with Crippen LogP contribution in [-0.4, -0.2) is 50.1 Å². The number of imide groups is 1. The Bertz CT molecular complexity index is 674. The Kier molecular flexibility index (Phi) is 6.95. The van der Waals surface area contributed by atoms with Gasteiger partial charge >= 0.3 is 12.0 Å². The lowest BCUT2D eigenvalue weighted by Crippen LogP contribution is -2.41. The first kappa shape index (κ1) is 19.2. The summed E-state index contributed by atoms with van der Waals surface area (Å²) in [6.07, 6.45) is 1.40. The summed E-state index contributed by atoms with van der Waals surface area (Å²) in [5.74, 6) is -0.948. The molecule has 26 heavy (non-hydrogen) atoms. The molecule has 9 heteroatoms. The van der Waals surface area contributed by atoms with Crippen LogP contribution < -0.4 is 20.3 Å². The summed E-state index contributed by atoms with van der Waals surface area (Å²) in [5, 5.41) is 4.38. The van der Waals surface area contributed by atoms with Crippen molar-refractivity contribution in [2.75, 3.05) is 31.2 Å². The van der Waals surface area contributed by atoms with Gasteiger partial charge in [-0.1, -0.05) is 0 Å². The molecule has 1 aliphatic rings. The minimum absolute atomic E-state index is 0.0909. The number of rotatable bonds is 7. The molecule has 0 atom stereocenters. The molecule has 0 unspecified atom stereocenters. The number of hydrogen-bond donors (Lipinski definition) is 2. The maximum Gasteiger partial charge on any atom is 0.344 e. The standard InChI is InChI=1S/C17H21N3O6/c1-2-18-17(24)19-14(21)10-26-16(23)11-25-13-7-5-12(6-8-13)20-9-3-4-15(20)22/h5-8H,2-4,9-11H2,1H3,(H2,18,19,21,24). The van der Waals surface area contributed by atoms with E-state index in [2.05, 4.69) is 5.32 Å². The average molecular weight is 363 g/mol. The van der Waals surface area contributed by atoms with Gasteiger partial charge in [0.15, 0.2) is 13.2 Å². The van der Waals surface area contributed by atoms with E-state index in [-0.39, 0.29) is 12.5 Å². The lowest BCUT2D eigenvalue weighted by atomic mass is 10.3. The lowest BCUT2D eigenvalue weighted by molar-refractivity contribution is -0.150. The molecule has 1 aromatic carbocycles. The molecule has 0 bridgehead atoms. The Hall–Kier alpha value is -3.10. The Morgan fingerprint density at radius 1 is 1.15 bits per heavy atom. The molecule has 0 aromatic heterocycles. The quantitative estimate of drug-likeness (QED) is 0.685. The van der Waals surface area contributed by atoms with Crippen LogP contribution in [0.5, 0.6) is 5.75 Å². The monoisotopic (exact) mass is 363 g/mol. The van der Waals surface area contributed by atoms with Crippen LogP contribution >= 0.6 is 0 Å². The number of carbonyl (C=O) groups is 4. The van der Waals surface area contributed by atoms with Gasteiger partial charge < -0.3 is 19.7 Å². The molecule has 1 fully saturated rings. The van der Waals surface area contributed by atoms with E-state index in [4.69, 9.17) is 9.47 Å². The summed E-state index contributed by atoms with van der Waals surface area (Å²) in [6, 6.07) is 6.13. The van der Waals surface area contributed by atoms with Gasteiger partial charge in [0, 0.05) is 25.2 Å². The fourth-order valence-corrected chi connectivity index (χ4v) is 2.34. The lowest BCUT2D eigenvalue weighted by Gasteiger charge is -2.16. The molecule has 1 aromatic rings. The maximum atomic E-state index is 11.7. The fourth-order valence-electron chi connectivity index (χ4n) is 2.34. The third-order valence-corrected chi connectivity index (χ3v) is 3.53. The topological polar surface area (TPSA) is 114 Å². The summed E-state index contributed by atoms with van der Waals surface area (Å²) in [6.45, 7) is 1.82. The highest BCUT2D eigenvalue weighted by molar-refractivity contribution is 5.96. The van der Waals surface area contributed by atoms with Crippen LogP contribution in [0.25, 0.3) is 0 Å². The third kappa shape index (κ3) is 5.76. The minimum Gasteiger partial charge on any atom is -0.482 e. The van der Waals surface area contributed by atoms with Crippen molar-refractivity contribution in [1.82, 2.24) is 10.6 Å². The molecule has 2 N–H and O–H groups in total. The zero-order chi connectivity index (χ0) is 18.9. The number of urea groups is 1. The first-order chi connectivity index (χ1) is 12.5. The van der Waals surface area contributed by atoms with Crippen molar-refractivity contribution in [2.45, 2.75) is 19.8 Å². The van der Waals surface area contributed by atoms with Crippen molar-refractivity contribution in [3.63, 3.8) is 0 Å². The van der Waals surface area contributed by atoms with Gasteiger partial charge in [-0.05, 0) is 37.6 Å². The smallest absolute Gasteiger partial charge is 0.344 e. The summed E-state index contributed by atoms with van der Waals surface area (Å²) in [7, 11) is 0. The summed E-state index contributed by atoms with van der Waals surface area (Å²) < 4.78 is 9.99. The van der Waals surface area contributed by atoms with E-state index in [1.807, 2.05) is 5.32 Å². The van der Waals surface area contributed by atoms with Gasteiger partial charge in [-0.15, -0.1) is 0 Å². The van der Waals surface area contributed by atoms with Crippen molar-refractivity contribution in [3.8, 4) is 5.75 Å². The van der Waals surface area contributed by atoms with Crippen molar-refractivity contribution >= 4 is 29.5 Å². The number of carbonyl (C=O) groups excluding carboxylic acids is 4. The van der Waals surface area contributed by atoms with Gasteiger partial charge in [0.05, 0.1) is 0 Å². The molecule has 1 aliphatic heterocycles. The second-order valence-corrected chi connectivity index (χ2v) is 5.50. The largest absolute Gasteiger partial charge is 0.482 e. The Labute approximate surface area is 150 Å². The van der Waals surface area contributed by atoms with Crippen LogP contribution in [0.2, 0.25) is 0 Å². The second kappa shape index (κ2) is 9.40. The maximum absolute atomic E-state index is 11.7. The molecule has 4 amide bonds. The number of benzene rings is 1. The number of esters is 1. The number of anilines is 1. The number of ether oxygens (including phenoxy) is 2. The Morgan fingerprint density at radius 3 is 2.50 bits per heavy atom. The predicted molar refractivity (Wildman–Crippen MR) is 91.7 cm³/mol. The van der Waals surface area contributed by atoms with Gasteiger partial charge in [-0.25, -0.2) is 9.59 Å². The van der Waals surface area contributed by atoms with Crippen LogP contribution in [0.3, 0.4) is 0 Å². The highest BCUT2D eigenvalue weighted by atomic mass is 16.6. The van der Waals surface area contributed by atoms with Crippen molar-refractivity contribution in [1.29, 1.82) is 0 Å². The van der Waals surface area contributed by atoms with Gasteiger partial charge in [0.1, 0.15) is 5.75 Å². The zero-order valence-corrected chi connectivity index (χ0v) is 14.4. The van der Waals surface area contributed by atoms with E-state index in [1.165, 1.54) is 0 Å². The number of nitrogens with zero attached hydrogens (tertiary/aromatic N) is 1. The van der Waals surface area contributed by atoms with Gasteiger partial charge in [0.25, 0.3) is 5.91 Å². The summed E-state index contributed by atoms with van der Waals surface area (Å²) >= 11 is 0. The van der Waals surface area contributed by atoms with Crippen LogP contribution in [0.15, 0.2) is 24.3 Å². The molecule has 0 spiro atoms. The Morgan fingerprint density at radius 2 is 1.88 bits per heavy atom. The molecule has 0 aliphatic carbocycles. The van der Waals surface area contributed by atoms with E-state index >= 15 is 0 Å². The average Bonchev–Trinajstić information content (AvgIpc) is 3.05. The molecule has 9 nitrogen and oxygen atoms in total. The molecule has 1 heterocycles. The van der Waals surface area contributed by atoms with E-state index in [9.17, 15) is 19.2 Å². The van der Waals surface area contributed by atoms with Crippen LogP contribution in [0.4, 0.5) is 10.5 Å². The van der Waals surface area contributed by atoms with E-state index in [0.717, 1.165) is 12.1 Å². The van der Waals surface area contributed by atoms with Crippen molar-refractivity contribution < 1.29 is 28.7 Å². The van der Waals surface area contributed by atoms with Gasteiger partial charge in [0.2, 0.25) is 5.91 Å². The van der Waals surface area contributed by atoms with Crippen LogP contribution in [0, 0.1) is 0 Å². The van der Waals surface area contributed by atoms with E-state index in [1.54, 1.807) is 36.1 Å². The summed E-state index contributed by atoms with van der Waals surface area (Å²) in [4.78, 5) is 47.4. The molecule has 140 valence electrons. The molecule has 2 rings (SSSR count). The van der Waals surface area contributed by atoms with E-state index in [0.29, 0.717) is 25.3 Å². The van der Waals surface area contributed by atoms with Crippen LogP contribution in [0.1, 0.15) is 19.8 Å². The molecule has 0 radical (unpaired) electrons. The summed E-state index contributed by atoms with van der Waals surface area (Å²) in [5.41, 5.74) is 0.782. The molecule has 1 saturated heterocycles. The van der Waals surface area contributed by atoms with Gasteiger partial charge in [-0.2, -0.15) is 0 Å². The second-order valence-electron chi connectivity index (χ2n) is 5.50. The first-order valence-electron chi connectivity index (χ1n) is 8.26. The number of hydrogen-bond acceptors (Lipinski definition) is 6. The minimum atomic E-state index is -0.741.